The molecule has 0 aliphatic carbocycles. The first-order valence-electron chi connectivity index (χ1n) is 9.93. The molecule has 0 N–H and O–H groups in total. The summed E-state index contributed by atoms with van der Waals surface area (Å²) in [7, 11) is 0. The van der Waals surface area contributed by atoms with Crippen molar-refractivity contribution < 1.29 is 4.74 Å². The summed E-state index contributed by atoms with van der Waals surface area (Å²) in [5.74, 6) is 1.69. The van der Waals surface area contributed by atoms with E-state index in [0.29, 0.717) is 23.2 Å². The van der Waals surface area contributed by atoms with Crippen LogP contribution in [0.3, 0.4) is 0 Å². The Morgan fingerprint density at radius 2 is 1.63 bits per heavy atom. The molecule has 0 unspecified atom stereocenters. The molecule has 0 spiro atoms. The van der Waals surface area contributed by atoms with Crippen LogP contribution in [-0.2, 0) is 18.6 Å². The van der Waals surface area contributed by atoms with Crippen molar-refractivity contribution in [2.24, 2.45) is 0 Å². The molecule has 0 aliphatic rings. The third-order valence-corrected chi connectivity index (χ3v) is 5.89. The highest BCUT2D eigenvalue weighted by Crippen LogP contribution is 2.26. The van der Waals surface area contributed by atoms with E-state index in [9.17, 15) is 0 Å². The van der Waals surface area contributed by atoms with Gasteiger partial charge in [0.15, 0.2) is 0 Å². The molecule has 4 aromatic rings. The molecule has 3 nitrogen and oxygen atoms in total. The van der Waals surface area contributed by atoms with E-state index in [4.69, 9.17) is 32.9 Å². The van der Waals surface area contributed by atoms with Crippen LogP contribution in [0.15, 0.2) is 66.7 Å². The number of imidazole rings is 1. The van der Waals surface area contributed by atoms with Gasteiger partial charge in [0.05, 0.1) is 21.1 Å². The smallest absolute Gasteiger partial charge is 0.148 e. The number of ether oxygens (including phenoxy) is 1. The Balaban J connectivity index is 1.60. The first-order chi connectivity index (χ1) is 14.3. The molecule has 0 bridgehead atoms. The molecule has 3 aromatic carbocycles. The van der Waals surface area contributed by atoms with Crippen molar-refractivity contribution in [1.29, 1.82) is 0 Å². The standard InChI is InChI=1S/C25H24Cl2N2O/c1-25(2,3)18-9-11-19(12-10-18)30-16-24-28-22-6-4-5-7-23(22)29(24)15-17-8-13-20(26)21(27)14-17/h4-14H,15-16H2,1-3H3. The molecule has 0 saturated carbocycles. The van der Waals surface area contributed by atoms with E-state index in [1.807, 2.05) is 48.5 Å². The average Bonchev–Trinajstić information content (AvgIpc) is 3.06. The van der Waals surface area contributed by atoms with Crippen LogP contribution < -0.4 is 4.74 Å². The predicted molar refractivity (Wildman–Crippen MR) is 125 cm³/mol. The van der Waals surface area contributed by atoms with Crippen LogP contribution in [0.25, 0.3) is 11.0 Å². The molecule has 0 fully saturated rings. The lowest BCUT2D eigenvalue weighted by molar-refractivity contribution is 0.291. The van der Waals surface area contributed by atoms with Crippen LogP contribution in [0, 0.1) is 0 Å². The number of para-hydroxylation sites is 2. The van der Waals surface area contributed by atoms with E-state index in [1.54, 1.807) is 0 Å². The van der Waals surface area contributed by atoms with Gasteiger partial charge in [0.1, 0.15) is 18.2 Å². The molecule has 1 aromatic heterocycles. The van der Waals surface area contributed by atoms with Gasteiger partial charge in [-0.1, -0.05) is 74.3 Å². The van der Waals surface area contributed by atoms with Gasteiger partial charge in [0.2, 0.25) is 0 Å². The highest BCUT2D eigenvalue weighted by molar-refractivity contribution is 6.42. The Hall–Kier alpha value is -2.49. The minimum atomic E-state index is 0.117. The molecule has 0 amide bonds. The molecule has 0 radical (unpaired) electrons. The maximum absolute atomic E-state index is 6.22. The largest absolute Gasteiger partial charge is 0.486 e. The highest BCUT2D eigenvalue weighted by Gasteiger charge is 2.15. The second kappa shape index (κ2) is 8.33. The summed E-state index contributed by atoms with van der Waals surface area (Å²) in [5, 5.41) is 1.11. The van der Waals surface area contributed by atoms with Crippen molar-refractivity contribution in [3.05, 3.63) is 93.7 Å². The fourth-order valence-corrected chi connectivity index (χ4v) is 3.75. The lowest BCUT2D eigenvalue weighted by Gasteiger charge is -2.19. The molecule has 154 valence electrons. The molecular weight excluding hydrogens is 415 g/mol. The molecular formula is C25H24Cl2N2O. The molecule has 0 aliphatic heterocycles. The third kappa shape index (κ3) is 4.48. The topological polar surface area (TPSA) is 27.1 Å². The van der Waals surface area contributed by atoms with Crippen LogP contribution >= 0.6 is 23.2 Å². The van der Waals surface area contributed by atoms with E-state index in [1.165, 1.54) is 5.56 Å². The maximum atomic E-state index is 6.22. The van der Waals surface area contributed by atoms with Crippen LogP contribution in [-0.4, -0.2) is 9.55 Å². The van der Waals surface area contributed by atoms with Gasteiger partial charge in [-0.05, 0) is 52.9 Å². The summed E-state index contributed by atoms with van der Waals surface area (Å²) in [6, 6.07) is 22.1. The monoisotopic (exact) mass is 438 g/mol. The minimum absolute atomic E-state index is 0.117. The van der Waals surface area contributed by atoms with Gasteiger partial charge in [-0.25, -0.2) is 4.98 Å². The van der Waals surface area contributed by atoms with Crippen molar-refractivity contribution >= 4 is 34.2 Å². The first kappa shape index (κ1) is 20.8. The van der Waals surface area contributed by atoms with Crippen molar-refractivity contribution in [3.8, 4) is 5.75 Å². The number of hydrogen-bond donors (Lipinski definition) is 0. The molecule has 5 heteroatoms. The van der Waals surface area contributed by atoms with Gasteiger partial charge >= 0.3 is 0 Å². The number of rotatable bonds is 5. The summed E-state index contributed by atoms with van der Waals surface area (Å²) in [6.07, 6.45) is 0. The number of nitrogens with zero attached hydrogens (tertiary/aromatic N) is 2. The van der Waals surface area contributed by atoms with E-state index in [2.05, 4.69) is 43.5 Å². The van der Waals surface area contributed by atoms with Crippen LogP contribution in [0.1, 0.15) is 37.7 Å². The zero-order valence-corrected chi connectivity index (χ0v) is 18.8. The zero-order chi connectivity index (χ0) is 21.3. The Bertz CT molecular complexity index is 1170. The number of halogens is 2. The van der Waals surface area contributed by atoms with E-state index in [0.717, 1.165) is 28.2 Å². The van der Waals surface area contributed by atoms with Crippen molar-refractivity contribution in [2.45, 2.75) is 39.3 Å². The Morgan fingerprint density at radius 3 is 2.33 bits per heavy atom. The zero-order valence-electron chi connectivity index (χ0n) is 17.3. The average molecular weight is 439 g/mol. The minimum Gasteiger partial charge on any atom is -0.486 e. The first-order valence-corrected chi connectivity index (χ1v) is 10.7. The van der Waals surface area contributed by atoms with Gasteiger partial charge in [-0.2, -0.15) is 0 Å². The normalized spacial score (nSPS) is 11.8. The fraction of sp³-hybridized carbons (Fsp3) is 0.240. The SMILES string of the molecule is CC(C)(C)c1ccc(OCc2nc3ccccc3n2Cc2ccc(Cl)c(Cl)c2)cc1. The number of benzene rings is 3. The lowest BCUT2D eigenvalue weighted by atomic mass is 9.87. The van der Waals surface area contributed by atoms with Gasteiger partial charge in [-0.15, -0.1) is 0 Å². The fourth-order valence-electron chi connectivity index (χ4n) is 3.43. The second-order valence-electron chi connectivity index (χ2n) is 8.41. The van der Waals surface area contributed by atoms with Crippen LogP contribution in [0.5, 0.6) is 5.75 Å². The van der Waals surface area contributed by atoms with Gasteiger partial charge in [0, 0.05) is 6.54 Å². The Kier molecular flexibility index (Phi) is 5.77. The summed E-state index contributed by atoms with van der Waals surface area (Å²) in [5.41, 5.74) is 4.46. The summed E-state index contributed by atoms with van der Waals surface area (Å²) >= 11 is 12.3. The summed E-state index contributed by atoms with van der Waals surface area (Å²) < 4.78 is 8.25. The van der Waals surface area contributed by atoms with E-state index < -0.39 is 0 Å². The summed E-state index contributed by atoms with van der Waals surface area (Å²) in [4.78, 5) is 4.80. The Morgan fingerprint density at radius 1 is 0.900 bits per heavy atom. The molecule has 1 heterocycles. The maximum Gasteiger partial charge on any atom is 0.148 e. The number of hydrogen-bond acceptors (Lipinski definition) is 2. The van der Waals surface area contributed by atoms with Crippen LogP contribution in [0.4, 0.5) is 0 Å². The highest BCUT2D eigenvalue weighted by atomic mass is 35.5. The number of fused-ring (bicyclic) bond motifs is 1. The van der Waals surface area contributed by atoms with E-state index in [-0.39, 0.29) is 5.41 Å². The number of aromatic nitrogens is 2. The lowest BCUT2D eigenvalue weighted by Crippen LogP contribution is -2.11. The van der Waals surface area contributed by atoms with Crippen molar-refractivity contribution in [2.75, 3.05) is 0 Å². The molecule has 0 atom stereocenters. The van der Waals surface area contributed by atoms with Crippen LogP contribution in [0.2, 0.25) is 10.0 Å². The third-order valence-electron chi connectivity index (χ3n) is 5.15. The quantitative estimate of drug-likeness (QED) is 0.327. The van der Waals surface area contributed by atoms with E-state index >= 15 is 0 Å². The molecule has 30 heavy (non-hydrogen) atoms. The molecule has 4 rings (SSSR count). The van der Waals surface area contributed by atoms with Crippen molar-refractivity contribution in [3.63, 3.8) is 0 Å². The summed E-state index contributed by atoms with van der Waals surface area (Å²) in [6.45, 7) is 7.63. The van der Waals surface area contributed by atoms with Gasteiger partial charge < -0.3 is 9.30 Å². The predicted octanol–water partition coefficient (Wildman–Crippen LogP) is 7.27. The Labute approximate surface area is 187 Å². The van der Waals surface area contributed by atoms with Gasteiger partial charge in [-0.3, -0.25) is 0 Å². The van der Waals surface area contributed by atoms with Gasteiger partial charge in [0.25, 0.3) is 0 Å². The molecule has 0 saturated heterocycles. The second-order valence-corrected chi connectivity index (χ2v) is 9.23. The van der Waals surface area contributed by atoms with Crippen molar-refractivity contribution in [1.82, 2.24) is 9.55 Å².